The van der Waals surface area contributed by atoms with Crippen LogP contribution in [0.4, 0.5) is 0 Å². The smallest absolute Gasteiger partial charge is 0.163 e. The van der Waals surface area contributed by atoms with Crippen molar-refractivity contribution in [2.45, 2.75) is 110 Å². The second-order valence-electron chi connectivity index (χ2n) is 9.41. The molecule has 0 spiro atoms. The molecule has 0 amide bonds. The predicted octanol–water partition coefficient (Wildman–Crippen LogP) is 6.70. The number of carbonyl (C=O) groups excluding carboxylic acids is 1. The van der Waals surface area contributed by atoms with Gasteiger partial charge in [-0.1, -0.05) is 53.4 Å². The number of unbranched alkanes of at least 4 members (excludes halogenated alkanes) is 4. The fourth-order valence-corrected chi connectivity index (χ4v) is 4.99. The zero-order valence-electron chi connectivity index (χ0n) is 22.4. The van der Waals surface area contributed by atoms with Crippen LogP contribution in [0, 0.1) is 5.92 Å². The van der Waals surface area contributed by atoms with Gasteiger partial charge in [-0.05, 0) is 43.6 Å². The fourth-order valence-electron chi connectivity index (χ4n) is 4.36. The van der Waals surface area contributed by atoms with Crippen LogP contribution in [0.3, 0.4) is 0 Å². The van der Waals surface area contributed by atoms with Gasteiger partial charge in [0.1, 0.15) is 28.9 Å². The Morgan fingerprint density at radius 3 is 2.00 bits per heavy atom. The maximum absolute atomic E-state index is 11.6. The molecule has 202 valence electrons. The molecule has 1 aliphatic carbocycles. The number of aldehydes is 1. The standard InChI is InChI=1S/C28H48O6S/c1-5-9-14-30-21-22-19-24(34-23-13-18-35-25(23)20-29)27(32-16-11-7-3)28(33-17-12-8-4)26(22)31-15-10-6-2/h13,18,20,22,24,26-28H,5-12,14-17,19,21H2,1-4H3/t22-,24-,26-,27+,28+/m1/s1. The summed E-state index contributed by atoms with van der Waals surface area (Å²) in [5.74, 6) is 0.757. The molecule has 0 aromatic carbocycles. The molecule has 1 saturated carbocycles. The molecular formula is C28H48O6S. The van der Waals surface area contributed by atoms with Gasteiger partial charge in [-0.25, -0.2) is 0 Å². The molecular weight excluding hydrogens is 464 g/mol. The lowest BCUT2D eigenvalue weighted by Crippen LogP contribution is -2.59. The van der Waals surface area contributed by atoms with E-state index in [0.29, 0.717) is 37.1 Å². The molecule has 0 aliphatic heterocycles. The third-order valence-electron chi connectivity index (χ3n) is 6.46. The molecule has 0 bridgehead atoms. The minimum absolute atomic E-state index is 0.112. The van der Waals surface area contributed by atoms with Crippen molar-refractivity contribution < 1.29 is 28.5 Å². The van der Waals surface area contributed by atoms with Crippen LogP contribution in [0.5, 0.6) is 5.75 Å². The third-order valence-corrected chi connectivity index (χ3v) is 7.28. The maximum Gasteiger partial charge on any atom is 0.163 e. The summed E-state index contributed by atoms with van der Waals surface area (Å²) in [5, 5.41) is 1.89. The summed E-state index contributed by atoms with van der Waals surface area (Å²) in [6.07, 6.45) is 9.09. The minimum atomic E-state index is -0.267. The van der Waals surface area contributed by atoms with E-state index in [-0.39, 0.29) is 30.3 Å². The van der Waals surface area contributed by atoms with Crippen LogP contribution in [0.25, 0.3) is 0 Å². The zero-order chi connectivity index (χ0) is 25.3. The Hall–Kier alpha value is -0.990. The first kappa shape index (κ1) is 30.2. The zero-order valence-corrected chi connectivity index (χ0v) is 23.2. The molecule has 1 aliphatic rings. The molecule has 1 aromatic rings. The monoisotopic (exact) mass is 512 g/mol. The molecule has 0 N–H and O–H groups in total. The number of rotatable bonds is 20. The van der Waals surface area contributed by atoms with E-state index in [1.807, 2.05) is 11.4 Å². The quantitative estimate of drug-likeness (QED) is 0.143. The van der Waals surface area contributed by atoms with E-state index in [9.17, 15) is 4.79 Å². The highest BCUT2D eigenvalue weighted by atomic mass is 32.1. The molecule has 7 heteroatoms. The number of hydrogen-bond donors (Lipinski definition) is 0. The third kappa shape index (κ3) is 10.1. The normalized spacial score (nSPS) is 24.5. The van der Waals surface area contributed by atoms with E-state index in [1.54, 1.807) is 0 Å². The van der Waals surface area contributed by atoms with E-state index < -0.39 is 0 Å². The Kier molecular flexibility index (Phi) is 15.8. The number of ether oxygens (including phenoxy) is 5. The van der Waals surface area contributed by atoms with E-state index in [4.69, 9.17) is 23.7 Å². The molecule has 0 saturated heterocycles. The van der Waals surface area contributed by atoms with Gasteiger partial charge in [0.05, 0.1) is 12.7 Å². The number of thiophene rings is 1. The molecule has 5 atom stereocenters. The Morgan fingerprint density at radius 1 is 0.829 bits per heavy atom. The number of carbonyl (C=O) groups is 1. The van der Waals surface area contributed by atoms with Gasteiger partial charge in [-0.3, -0.25) is 4.79 Å². The average molecular weight is 513 g/mol. The predicted molar refractivity (Wildman–Crippen MR) is 142 cm³/mol. The van der Waals surface area contributed by atoms with Gasteiger partial charge >= 0.3 is 0 Å². The van der Waals surface area contributed by atoms with Crippen LogP contribution in [-0.2, 0) is 18.9 Å². The van der Waals surface area contributed by atoms with Crippen LogP contribution in [-0.4, -0.2) is 63.7 Å². The van der Waals surface area contributed by atoms with Gasteiger partial charge in [0, 0.05) is 32.3 Å². The topological polar surface area (TPSA) is 63.2 Å². The summed E-state index contributed by atoms with van der Waals surface area (Å²) in [6.45, 7) is 12.1. The first-order chi connectivity index (χ1) is 17.2. The maximum atomic E-state index is 11.6. The molecule has 6 nitrogen and oxygen atoms in total. The first-order valence-corrected chi connectivity index (χ1v) is 14.7. The lowest BCUT2D eigenvalue weighted by Gasteiger charge is -2.46. The van der Waals surface area contributed by atoms with Gasteiger partial charge in [-0.15, -0.1) is 11.3 Å². The molecule has 0 radical (unpaired) electrons. The van der Waals surface area contributed by atoms with E-state index in [2.05, 4.69) is 27.7 Å². The lowest BCUT2D eigenvalue weighted by atomic mass is 9.80. The highest BCUT2D eigenvalue weighted by Gasteiger charge is 2.48. The van der Waals surface area contributed by atoms with E-state index in [0.717, 1.165) is 70.7 Å². The average Bonchev–Trinajstić information content (AvgIpc) is 3.32. The van der Waals surface area contributed by atoms with E-state index in [1.165, 1.54) is 11.3 Å². The van der Waals surface area contributed by atoms with Crippen molar-refractivity contribution in [3.05, 3.63) is 16.3 Å². The van der Waals surface area contributed by atoms with Crippen molar-refractivity contribution >= 4 is 17.6 Å². The summed E-state index contributed by atoms with van der Waals surface area (Å²) in [4.78, 5) is 12.2. The van der Waals surface area contributed by atoms with Crippen LogP contribution in [0.1, 0.15) is 95.2 Å². The molecule has 2 rings (SSSR count). The first-order valence-electron chi connectivity index (χ1n) is 13.8. The van der Waals surface area contributed by atoms with Gasteiger partial charge in [0.15, 0.2) is 6.29 Å². The molecule has 1 heterocycles. The Morgan fingerprint density at radius 2 is 1.40 bits per heavy atom. The minimum Gasteiger partial charge on any atom is -0.486 e. The lowest BCUT2D eigenvalue weighted by molar-refractivity contribution is -0.211. The summed E-state index contributed by atoms with van der Waals surface area (Å²) in [6, 6.07) is 1.88. The summed E-state index contributed by atoms with van der Waals surface area (Å²) < 4.78 is 32.1. The highest BCUT2D eigenvalue weighted by Crippen LogP contribution is 2.36. The molecule has 1 fully saturated rings. The van der Waals surface area contributed by atoms with Crippen molar-refractivity contribution in [2.24, 2.45) is 5.92 Å². The number of hydrogen-bond acceptors (Lipinski definition) is 7. The fraction of sp³-hybridized carbons (Fsp3) is 0.821. The second-order valence-corrected chi connectivity index (χ2v) is 10.4. The van der Waals surface area contributed by atoms with Crippen molar-refractivity contribution in [1.29, 1.82) is 0 Å². The van der Waals surface area contributed by atoms with Crippen LogP contribution in [0.15, 0.2) is 11.4 Å². The Balaban J connectivity index is 2.31. The second kappa shape index (κ2) is 18.3. The summed E-state index contributed by atoms with van der Waals surface area (Å²) >= 11 is 1.40. The summed E-state index contributed by atoms with van der Waals surface area (Å²) in [7, 11) is 0. The van der Waals surface area contributed by atoms with Crippen molar-refractivity contribution in [1.82, 2.24) is 0 Å². The van der Waals surface area contributed by atoms with Gasteiger partial charge in [-0.2, -0.15) is 0 Å². The Bertz CT molecular complexity index is 666. The van der Waals surface area contributed by atoms with Crippen LogP contribution in [0.2, 0.25) is 0 Å². The Labute approximate surface area is 217 Å². The van der Waals surface area contributed by atoms with Crippen molar-refractivity contribution in [2.75, 3.05) is 33.0 Å². The van der Waals surface area contributed by atoms with Gasteiger partial charge in [0.2, 0.25) is 0 Å². The van der Waals surface area contributed by atoms with Gasteiger partial charge in [0.25, 0.3) is 0 Å². The van der Waals surface area contributed by atoms with Crippen LogP contribution < -0.4 is 4.74 Å². The van der Waals surface area contributed by atoms with Crippen LogP contribution >= 0.6 is 11.3 Å². The van der Waals surface area contributed by atoms with Gasteiger partial charge < -0.3 is 23.7 Å². The largest absolute Gasteiger partial charge is 0.486 e. The molecule has 0 unspecified atom stereocenters. The molecule has 1 aromatic heterocycles. The SMILES string of the molecule is CCCCOC[C@H]1C[C@@H](Oc2ccsc2C=O)[C@H](OCCCC)[C@@H](OCCCC)[C@@H]1OCCCC. The molecule has 35 heavy (non-hydrogen) atoms. The van der Waals surface area contributed by atoms with Crippen molar-refractivity contribution in [3.8, 4) is 5.75 Å². The summed E-state index contributed by atoms with van der Waals surface area (Å²) in [5.41, 5.74) is 0. The van der Waals surface area contributed by atoms with Crippen molar-refractivity contribution in [3.63, 3.8) is 0 Å². The highest BCUT2D eigenvalue weighted by molar-refractivity contribution is 7.12. The van der Waals surface area contributed by atoms with E-state index >= 15 is 0 Å².